The molecule has 7 nitrogen and oxygen atoms in total. The maximum Gasteiger partial charge on any atom is 0.263 e. The van der Waals surface area contributed by atoms with E-state index >= 15 is 0 Å². The lowest BCUT2D eigenvalue weighted by atomic mass is 10.1. The van der Waals surface area contributed by atoms with Gasteiger partial charge in [0.1, 0.15) is 5.75 Å². The molecular formula is C23H25ClN4O3. The number of hydrogen-bond acceptors (Lipinski definition) is 6. The highest BCUT2D eigenvalue weighted by Crippen LogP contribution is 2.34. The molecule has 0 spiro atoms. The Hall–Kier alpha value is -3.06. The number of carbonyl (C=O) groups is 1. The molecule has 1 N–H and O–H groups in total. The SMILES string of the molecule is CCC(CC)NC(=O)C1CN(Cc2nnc(-c3ccc(Cl)cc3)o2)c2ccccc2O1. The number of nitrogens with one attached hydrogen (secondary N) is 1. The first-order valence-electron chi connectivity index (χ1n) is 10.5. The van der Waals surface area contributed by atoms with Crippen LogP contribution in [0.1, 0.15) is 32.6 Å². The zero-order valence-electron chi connectivity index (χ0n) is 17.5. The molecule has 1 aliphatic rings. The lowest BCUT2D eigenvalue weighted by molar-refractivity contribution is -0.128. The number of hydrogen-bond donors (Lipinski definition) is 1. The Kier molecular flexibility index (Phi) is 6.42. The molecule has 2 aromatic carbocycles. The van der Waals surface area contributed by atoms with Crippen LogP contribution in [0, 0.1) is 0 Å². The van der Waals surface area contributed by atoms with Gasteiger partial charge in [-0.2, -0.15) is 0 Å². The van der Waals surface area contributed by atoms with Gasteiger partial charge in [-0.15, -0.1) is 10.2 Å². The van der Waals surface area contributed by atoms with Gasteiger partial charge in [0.05, 0.1) is 18.8 Å². The molecule has 4 rings (SSSR count). The summed E-state index contributed by atoms with van der Waals surface area (Å²) in [4.78, 5) is 14.9. The van der Waals surface area contributed by atoms with Crippen molar-refractivity contribution < 1.29 is 13.9 Å². The van der Waals surface area contributed by atoms with Gasteiger partial charge in [-0.05, 0) is 49.2 Å². The fourth-order valence-corrected chi connectivity index (χ4v) is 3.70. The van der Waals surface area contributed by atoms with Gasteiger partial charge in [0.25, 0.3) is 5.91 Å². The fourth-order valence-electron chi connectivity index (χ4n) is 3.57. The summed E-state index contributed by atoms with van der Waals surface area (Å²) in [6.07, 6.45) is 1.14. The summed E-state index contributed by atoms with van der Waals surface area (Å²) >= 11 is 5.95. The number of amides is 1. The third-order valence-corrected chi connectivity index (χ3v) is 5.62. The van der Waals surface area contributed by atoms with Crippen LogP contribution in [0.25, 0.3) is 11.5 Å². The highest BCUT2D eigenvalue weighted by Gasteiger charge is 2.32. The molecule has 0 aliphatic carbocycles. The van der Waals surface area contributed by atoms with Crippen LogP contribution in [-0.4, -0.2) is 34.8 Å². The van der Waals surface area contributed by atoms with Gasteiger partial charge in [-0.25, -0.2) is 0 Å². The Bertz CT molecular complexity index is 1030. The van der Waals surface area contributed by atoms with Gasteiger partial charge in [0, 0.05) is 16.6 Å². The molecule has 0 saturated carbocycles. The van der Waals surface area contributed by atoms with Crippen LogP contribution in [0.3, 0.4) is 0 Å². The second-order valence-corrected chi connectivity index (χ2v) is 7.92. The number of aromatic nitrogens is 2. The van der Waals surface area contributed by atoms with E-state index in [1.165, 1.54) is 0 Å². The standard InChI is InChI=1S/C23H25ClN4O3/c1-3-17(4-2)25-22(29)20-13-28(18-7-5-6-8-19(18)30-20)14-21-26-27-23(31-21)15-9-11-16(24)12-10-15/h5-12,17,20H,3-4,13-14H2,1-2H3,(H,25,29). The molecule has 1 aliphatic heterocycles. The van der Waals surface area contributed by atoms with Crippen LogP contribution in [0.2, 0.25) is 5.02 Å². The first-order chi connectivity index (χ1) is 15.1. The van der Waals surface area contributed by atoms with Crippen molar-refractivity contribution in [3.63, 3.8) is 0 Å². The number of nitrogens with zero attached hydrogens (tertiary/aromatic N) is 3. The average Bonchev–Trinajstić information content (AvgIpc) is 3.26. The summed E-state index contributed by atoms with van der Waals surface area (Å²) < 4.78 is 11.9. The van der Waals surface area contributed by atoms with Crippen LogP contribution in [0.5, 0.6) is 5.75 Å². The number of anilines is 1. The van der Waals surface area contributed by atoms with Crippen molar-refractivity contribution in [2.24, 2.45) is 0 Å². The van der Waals surface area contributed by atoms with E-state index in [1.807, 2.05) is 41.3 Å². The average molecular weight is 441 g/mol. The van der Waals surface area contributed by atoms with E-state index in [9.17, 15) is 4.79 Å². The zero-order valence-corrected chi connectivity index (χ0v) is 18.3. The van der Waals surface area contributed by atoms with E-state index in [0.717, 1.165) is 24.1 Å². The first kappa shape index (κ1) is 21.2. The third kappa shape index (κ3) is 4.82. The lowest BCUT2D eigenvalue weighted by Crippen LogP contribution is -2.51. The van der Waals surface area contributed by atoms with Crippen molar-refractivity contribution in [3.8, 4) is 17.2 Å². The molecule has 162 valence electrons. The fraction of sp³-hybridized carbons (Fsp3) is 0.348. The molecule has 0 saturated heterocycles. The molecule has 8 heteroatoms. The van der Waals surface area contributed by atoms with Crippen LogP contribution < -0.4 is 15.0 Å². The Balaban J connectivity index is 1.53. The number of para-hydroxylation sites is 2. The largest absolute Gasteiger partial charge is 0.477 e. The highest BCUT2D eigenvalue weighted by molar-refractivity contribution is 6.30. The van der Waals surface area contributed by atoms with E-state index in [2.05, 4.69) is 29.4 Å². The van der Waals surface area contributed by atoms with Crippen LogP contribution >= 0.6 is 11.6 Å². The number of benzene rings is 2. The normalized spacial score (nSPS) is 15.5. The molecule has 0 fully saturated rings. The smallest absolute Gasteiger partial charge is 0.263 e. The van der Waals surface area contributed by atoms with E-state index < -0.39 is 6.10 Å². The van der Waals surface area contributed by atoms with Crippen molar-refractivity contribution in [2.75, 3.05) is 11.4 Å². The number of halogens is 1. The second-order valence-electron chi connectivity index (χ2n) is 7.48. The molecule has 31 heavy (non-hydrogen) atoms. The molecular weight excluding hydrogens is 416 g/mol. The van der Waals surface area contributed by atoms with Crippen molar-refractivity contribution >= 4 is 23.2 Å². The Morgan fingerprint density at radius 3 is 2.65 bits per heavy atom. The van der Waals surface area contributed by atoms with E-state index in [1.54, 1.807) is 12.1 Å². The minimum absolute atomic E-state index is 0.111. The topological polar surface area (TPSA) is 80.5 Å². The van der Waals surface area contributed by atoms with Crippen molar-refractivity contribution in [3.05, 3.63) is 59.4 Å². The predicted molar refractivity (Wildman–Crippen MR) is 119 cm³/mol. The van der Waals surface area contributed by atoms with Crippen LogP contribution in [0.15, 0.2) is 52.9 Å². The second kappa shape index (κ2) is 9.39. The summed E-state index contributed by atoms with van der Waals surface area (Å²) in [7, 11) is 0. The van der Waals surface area contributed by atoms with E-state index in [-0.39, 0.29) is 11.9 Å². The molecule has 1 amide bonds. The Labute approximate surface area is 186 Å². The molecule has 3 aromatic rings. The minimum Gasteiger partial charge on any atom is -0.477 e. The lowest BCUT2D eigenvalue weighted by Gasteiger charge is -2.35. The van der Waals surface area contributed by atoms with Crippen LogP contribution in [0.4, 0.5) is 5.69 Å². The maximum atomic E-state index is 12.8. The molecule has 0 bridgehead atoms. The van der Waals surface area contributed by atoms with Crippen LogP contribution in [-0.2, 0) is 11.3 Å². The van der Waals surface area contributed by atoms with Gasteiger partial charge in [0.2, 0.25) is 11.8 Å². The summed E-state index contributed by atoms with van der Waals surface area (Å²) in [5.41, 5.74) is 1.69. The summed E-state index contributed by atoms with van der Waals surface area (Å²) in [6.45, 7) is 4.88. The quantitative estimate of drug-likeness (QED) is 0.584. The van der Waals surface area contributed by atoms with Crippen molar-refractivity contribution in [1.82, 2.24) is 15.5 Å². The highest BCUT2D eigenvalue weighted by atomic mass is 35.5. The third-order valence-electron chi connectivity index (χ3n) is 5.37. The number of rotatable bonds is 7. The first-order valence-corrected chi connectivity index (χ1v) is 10.8. The molecule has 2 heterocycles. The molecule has 1 aromatic heterocycles. The van der Waals surface area contributed by atoms with Gasteiger partial charge < -0.3 is 19.4 Å². The van der Waals surface area contributed by atoms with E-state index in [4.69, 9.17) is 20.8 Å². The summed E-state index contributed by atoms with van der Waals surface area (Å²) in [5, 5.41) is 12.1. The monoisotopic (exact) mass is 440 g/mol. The van der Waals surface area contributed by atoms with Gasteiger partial charge in [0.15, 0.2) is 6.10 Å². The molecule has 1 unspecified atom stereocenters. The van der Waals surface area contributed by atoms with Crippen molar-refractivity contribution in [2.45, 2.75) is 45.4 Å². The molecule has 1 atom stereocenters. The van der Waals surface area contributed by atoms with Crippen molar-refractivity contribution in [1.29, 1.82) is 0 Å². The van der Waals surface area contributed by atoms with Gasteiger partial charge in [-0.3, -0.25) is 4.79 Å². The predicted octanol–water partition coefficient (Wildman–Crippen LogP) is 4.46. The Morgan fingerprint density at radius 2 is 1.90 bits per heavy atom. The number of carbonyl (C=O) groups excluding carboxylic acids is 1. The number of fused-ring (bicyclic) bond motifs is 1. The molecule has 0 radical (unpaired) electrons. The van der Waals surface area contributed by atoms with E-state index in [0.29, 0.717) is 35.6 Å². The minimum atomic E-state index is -0.617. The maximum absolute atomic E-state index is 12.8. The summed E-state index contributed by atoms with van der Waals surface area (Å²) in [5.74, 6) is 1.44. The van der Waals surface area contributed by atoms with Gasteiger partial charge >= 0.3 is 0 Å². The summed E-state index contributed by atoms with van der Waals surface area (Å²) in [6, 6.07) is 15.0. The Morgan fingerprint density at radius 1 is 1.16 bits per heavy atom. The number of ether oxygens (including phenoxy) is 1. The zero-order chi connectivity index (χ0) is 21.8. The van der Waals surface area contributed by atoms with Gasteiger partial charge in [-0.1, -0.05) is 37.6 Å².